The monoisotopic (exact) mass is 242 g/mol. The Morgan fingerprint density at radius 3 is 2.62 bits per heavy atom. The molecule has 94 valence electrons. The highest BCUT2D eigenvalue weighted by molar-refractivity contribution is 8.00. The van der Waals surface area contributed by atoms with Gasteiger partial charge in [-0.05, 0) is 44.8 Å². The average molecular weight is 242 g/mol. The van der Waals surface area contributed by atoms with Gasteiger partial charge >= 0.3 is 0 Å². The van der Waals surface area contributed by atoms with Crippen LogP contribution in [0.5, 0.6) is 0 Å². The molecule has 0 saturated carbocycles. The highest BCUT2D eigenvalue weighted by Crippen LogP contribution is 2.25. The number of hydrogen-bond acceptors (Lipinski definition) is 3. The lowest BCUT2D eigenvalue weighted by molar-refractivity contribution is 0.259. The van der Waals surface area contributed by atoms with Gasteiger partial charge in [0, 0.05) is 23.6 Å². The molecular weight excluding hydrogens is 216 g/mol. The fraction of sp³-hybridized carbons (Fsp3) is 1.00. The molecule has 0 amide bonds. The topological polar surface area (TPSA) is 15.3 Å². The van der Waals surface area contributed by atoms with E-state index in [-0.39, 0.29) is 0 Å². The van der Waals surface area contributed by atoms with Crippen LogP contribution in [0.25, 0.3) is 0 Å². The van der Waals surface area contributed by atoms with Gasteiger partial charge in [-0.2, -0.15) is 11.8 Å². The Morgan fingerprint density at radius 1 is 1.25 bits per heavy atom. The largest absolute Gasteiger partial charge is 0.316 e. The van der Waals surface area contributed by atoms with E-state index >= 15 is 0 Å². The lowest BCUT2D eigenvalue weighted by atomic mass is 10.0. The van der Waals surface area contributed by atoms with Gasteiger partial charge in [-0.15, -0.1) is 0 Å². The molecule has 2 aliphatic rings. The van der Waals surface area contributed by atoms with Crippen molar-refractivity contribution in [1.82, 2.24) is 10.2 Å². The molecule has 2 nitrogen and oxygen atoms in total. The van der Waals surface area contributed by atoms with Crippen LogP contribution in [0.4, 0.5) is 0 Å². The van der Waals surface area contributed by atoms with Crippen LogP contribution >= 0.6 is 11.8 Å². The lowest BCUT2D eigenvalue weighted by Gasteiger charge is -2.34. The second-order valence-electron chi connectivity index (χ2n) is 5.52. The van der Waals surface area contributed by atoms with Crippen molar-refractivity contribution in [2.75, 3.05) is 32.7 Å². The van der Waals surface area contributed by atoms with Gasteiger partial charge in [0.1, 0.15) is 0 Å². The molecule has 3 heteroatoms. The van der Waals surface area contributed by atoms with E-state index in [1.165, 1.54) is 52.0 Å². The Kier molecular flexibility index (Phi) is 4.98. The van der Waals surface area contributed by atoms with Gasteiger partial charge in [-0.3, -0.25) is 0 Å². The summed E-state index contributed by atoms with van der Waals surface area (Å²) in [5.74, 6) is 0.967. The first-order valence-electron chi connectivity index (χ1n) is 6.82. The van der Waals surface area contributed by atoms with Gasteiger partial charge in [0.2, 0.25) is 0 Å². The molecule has 0 aromatic rings. The maximum atomic E-state index is 3.46. The van der Waals surface area contributed by atoms with Crippen molar-refractivity contribution in [3.05, 3.63) is 0 Å². The molecule has 2 saturated heterocycles. The van der Waals surface area contributed by atoms with Gasteiger partial charge in [-0.25, -0.2) is 0 Å². The van der Waals surface area contributed by atoms with Crippen molar-refractivity contribution in [2.45, 2.75) is 43.6 Å². The minimum absolute atomic E-state index is 0.830. The van der Waals surface area contributed by atoms with E-state index in [9.17, 15) is 0 Å². The van der Waals surface area contributed by atoms with Crippen molar-refractivity contribution >= 4 is 11.8 Å². The van der Waals surface area contributed by atoms with Crippen LogP contribution in [0.1, 0.15) is 33.1 Å². The molecule has 2 heterocycles. The summed E-state index contributed by atoms with van der Waals surface area (Å²) >= 11 is 2.15. The van der Waals surface area contributed by atoms with Crippen molar-refractivity contribution in [1.29, 1.82) is 0 Å². The molecule has 2 aliphatic heterocycles. The SMILES string of the molecule is CC1CN(CCCC2CCNC2)CC(C)S1. The predicted molar refractivity (Wildman–Crippen MR) is 73.2 cm³/mol. The molecule has 2 rings (SSSR count). The van der Waals surface area contributed by atoms with Crippen LogP contribution in [0.15, 0.2) is 0 Å². The van der Waals surface area contributed by atoms with E-state index in [1.54, 1.807) is 0 Å². The molecule has 3 atom stereocenters. The molecule has 16 heavy (non-hydrogen) atoms. The first kappa shape index (κ1) is 12.7. The van der Waals surface area contributed by atoms with Gasteiger partial charge in [0.25, 0.3) is 0 Å². The molecule has 0 bridgehead atoms. The minimum Gasteiger partial charge on any atom is -0.316 e. The molecule has 3 unspecified atom stereocenters. The zero-order valence-corrected chi connectivity index (χ0v) is 11.6. The van der Waals surface area contributed by atoms with Gasteiger partial charge in [0.05, 0.1) is 0 Å². The third-order valence-corrected chi connectivity index (χ3v) is 4.97. The molecule has 1 N–H and O–H groups in total. The van der Waals surface area contributed by atoms with E-state index in [4.69, 9.17) is 0 Å². The first-order valence-corrected chi connectivity index (χ1v) is 7.77. The smallest absolute Gasteiger partial charge is 0.0149 e. The van der Waals surface area contributed by atoms with Crippen molar-refractivity contribution in [3.8, 4) is 0 Å². The highest BCUT2D eigenvalue weighted by Gasteiger charge is 2.22. The Labute approximate surface area is 105 Å². The zero-order chi connectivity index (χ0) is 11.4. The number of thioether (sulfide) groups is 1. The van der Waals surface area contributed by atoms with Crippen LogP contribution < -0.4 is 5.32 Å². The fourth-order valence-electron chi connectivity index (χ4n) is 3.03. The Bertz CT molecular complexity index is 194. The third-order valence-electron chi connectivity index (χ3n) is 3.74. The second-order valence-corrected chi connectivity index (χ2v) is 7.40. The molecular formula is C13H26N2S. The quantitative estimate of drug-likeness (QED) is 0.814. The maximum absolute atomic E-state index is 3.46. The number of nitrogens with one attached hydrogen (secondary N) is 1. The van der Waals surface area contributed by atoms with Crippen LogP contribution in [0.2, 0.25) is 0 Å². The molecule has 2 fully saturated rings. The van der Waals surface area contributed by atoms with Crippen LogP contribution in [0.3, 0.4) is 0 Å². The van der Waals surface area contributed by atoms with Crippen molar-refractivity contribution < 1.29 is 0 Å². The standard InChI is InChI=1S/C13H26N2S/c1-11-9-15(10-12(2)16-11)7-3-4-13-5-6-14-8-13/h11-14H,3-10H2,1-2H3. The summed E-state index contributed by atoms with van der Waals surface area (Å²) in [5, 5.41) is 5.12. The second kappa shape index (κ2) is 6.27. The summed E-state index contributed by atoms with van der Waals surface area (Å²) in [6.45, 7) is 11.2. The number of rotatable bonds is 4. The van der Waals surface area contributed by atoms with Crippen LogP contribution in [-0.2, 0) is 0 Å². The minimum atomic E-state index is 0.830. The van der Waals surface area contributed by atoms with Gasteiger partial charge in [-0.1, -0.05) is 13.8 Å². The Balaban J connectivity index is 1.61. The molecule has 0 aromatic heterocycles. The molecule has 0 aliphatic carbocycles. The summed E-state index contributed by atoms with van der Waals surface area (Å²) in [4.78, 5) is 2.67. The average Bonchev–Trinajstić information content (AvgIpc) is 2.69. The van der Waals surface area contributed by atoms with E-state index < -0.39 is 0 Å². The summed E-state index contributed by atoms with van der Waals surface area (Å²) in [6.07, 6.45) is 4.23. The van der Waals surface area contributed by atoms with Crippen molar-refractivity contribution in [3.63, 3.8) is 0 Å². The number of hydrogen-bond donors (Lipinski definition) is 1. The zero-order valence-electron chi connectivity index (χ0n) is 10.7. The van der Waals surface area contributed by atoms with Gasteiger partial charge in [0.15, 0.2) is 0 Å². The van der Waals surface area contributed by atoms with E-state index in [0.29, 0.717) is 0 Å². The van der Waals surface area contributed by atoms with E-state index in [2.05, 4.69) is 35.8 Å². The van der Waals surface area contributed by atoms with E-state index in [0.717, 1.165) is 16.4 Å². The summed E-state index contributed by atoms with van der Waals surface area (Å²) in [5.41, 5.74) is 0. The summed E-state index contributed by atoms with van der Waals surface area (Å²) in [6, 6.07) is 0. The third kappa shape index (κ3) is 3.94. The molecule has 0 aromatic carbocycles. The molecule has 0 spiro atoms. The summed E-state index contributed by atoms with van der Waals surface area (Å²) in [7, 11) is 0. The van der Waals surface area contributed by atoms with E-state index in [1.807, 2.05) is 0 Å². The first-order chi connectivity index (χ1) is 7.74. The highest BCUT2D eigenvalue weighted by atomic mass is 32.2. The normalized spacial score (nSPS) is 36.8. The van der Waals surface area contributed by atoms with Crippen LogP contribution in [-0.4, -0.2) is 48.1 Å². The maximum Gasteiger partial charge on any atom is 0.0149 e. The Hall–Kier alpha value is 0.270. The van der Waals surface area contributed by atoms with Crippen LogP contribution in [0, 0.1) is 5.92 Å². The van der Waals surface area contributed by atoms with Gasteiger partial charge < -0.3 is 10.2 Å². The fourth-order valence-corrected chi connectivity index (χ4v) is 4.42. The number of nitrogens with zero attached hydrogens (tertiary/aromatic N) is 1. The predicted octanol–water partition coefficient (Wildman–Crippen LogP) is 2.20. The lowest BCUT2D eigenvalue weighted by Crippen LogP contribution is -2.40. The summed E-state index contributed by atoms with van der Waals surface area (Å²) < 4.78 is 0. The van der Waals surface area contributed by atoms with Crippen molar-refractivity contribution in [2.24, 2.45) is 5.92 Å². The Morgan fingerprint density at radius 2 is 2.00 bits per heavy atom. The molecule has 0 radical (unpaired) electrons.